The van der Waals surface area contributed by atoms with Gasteiger partial charge in [0.2, 0.25) is 5.91 Å². The number of benzene rings is 1. The van der Waals surface area contributed by atoms with Crippen molar-refractivity contribution in [2.45, 2.75) is 56.0 Å². The quantitative estimate of drug-likeness (QED) is 0.579. The van der Waals surface area contributed by atoms with Gasteiger partial charge in [0.15, 0.2) is 0 Å². The predicted octanol–water partition coefficient (Wildman–Crippen LogP) is 4.64. The number of para-hydroxylation sites is 1. The van der Waals surface area contributed by atoms with Crippen LogP contribution in [0, 0.1) is 17.8 Å². The van der Waals surface area contributed by atoms with E-state index in [-0.39, 0.29) is 17.2 Å². The van der Waals surface area contributed by atoms with E-state index in [1.807, 2.05) is 37.4 Å². The van der Waals surface area contributed by atoms with Crippen molar-refractivity contribution in [3.63, 3.8) is 0 Å². The number of thioether (sulfide) groups is 1. The number of fused-ring (bicyclic) bond motifs is 3. The van der Waals surface area contributed by atoms with Gasteiger partial charge in [-0.05, 0) is 56.9 Å². The smallest absolute Gasteiger partial charge is 0.277 e. The van der Waals surface area contributed by atoms with Crippen molar-refractivity contribution >= 4 is 28.6 Å². The molecule has 5 rings (SSSR count). The monoisotopic (exact) mass is 410 g/mol. The Bertz CT molecular complexity index is 1030. The van der Waals surface area contributed by atoms with Crippen LogP contribution in [0.2, 0.25) is 0 Å². The Kier molecular flexibility index (Phi) is 4.86. The summed E-state index contributed by atoms with van der Waals surface area (Å²) in [5.74, 6) is 2.82. The third-order valence-electron chi connectivity index (χ3n) is 6.68. The van der Waals surface area contributed by atoms with Gasteiger partial charge >= 0.3 is 0 Å². The SMILES string of the molecule is C[C@H](Sc1nnc(-c2c[nH]c3ccccc23)o1)C(=O)N[C@@H](C)[C@H]1C[C@H]2CC[C@H]1C2. The lowest BCUT2D eigenvalue weighted by Crippen LogP contribution is -2.43. The fourth-order valence-electron chi connectivity index (χ4n) is 5.17. The number of hydrogen-bond donors (Lipinski definition) is 2. The number of rotatable bonds is 6. The summed E-state index contributed by atoms with van der Waals surface area (Å²) in [4.78, 5) is 15.9. The van der Waals surface area contributed by atoms with E-state index >= 15 is 0 Å². The second-order valence-electron chi connectivity index (χ2n) is 8.52. The van der Waals surface area contributed by atoms with Crippen molar-refractivity contribution in [3.05, 3.63) is 30.5 Å². The van der Waals surface area contributed by atoms with Crippen LogP contribution in [0.5, 0.6) is 0 Å². The summed E-state index contributed by atoms with van der Waals surface area (Å²) < 4.78 is 5.84. The molecule has 2 N–H and O–H groups in total. The van der Waals surface area contributed by atoms with Gasteiger partial charge in [0.25, 0.3) is 11.1 Å². The van der Waals surface area contributed by atoms with E-state index in [1.165, 1.54) is 37.4 Å². The first-order valence-corrected chi connectivity index (χ1v) is 11.3. The minimum atomic E-state index is -0.285. The number of amides is 1. The number of carbonyl (C=O) groups is 1. The molecule has 2 fully saturated rings. The first-order chi connectivity index (χ1) is 14.1. The third kappa shape index (κ3) is 3.56. The Labute approximate surface area is 174 Å². The van der Waals surface area contributed by atoms with Gasteiger partial charge in [-0.25, -0.2) is 0 Å². The molecule has 29 heavy (non-hydrogen) atoms. The van der Waals surface area contributed by atoms with Crippen molar-refractivity contribution in [2.75, 3.05) is 0 Å². The van der Waals surface area contributed by atoms with E-state index in [0.717, 1.165) is 28.3 Å². The minimum absolute atomic E-state index is 0.0390. The maximum atomic E-state index is 12.7. The van der Waals surface area contributed by atoms with Crippen LogP contribution >= 0.6 is 11.8 Å². The number of nitrogens with zero attached hydrogens (tertiary/aromatic N) is 2. The van der Waals surface area contributed by atoms with Crippen LogP contribution in [0.4, 0.5) is 0 Å². The molecule has 2 heterocycles. The molecular weight excluding hydrogens is 384 g/mol. The lowest BCUT2D eigenvalue weighted by molar-refractivity contribution is -0.121. The number of nitrogens with one attached hydrogen (secondary N) is 2. The molecule has 0 radical (unpaired) electrons. The molecule has 1 aromatic carbocycles. The number of hydrogen-bond acceptors (Lipinski definition) is 5. The summed E-state index contributed by atoms with van der Waals surface area (Å²) >= 11 is 1.31. The molecule has 2 bridgehead atoms. The Hall–Kier alpha value is -2.28. The Morgan fingerprint density at radius 3 is 2.90 bits per heavy atom. The summed E-state index contributed by atoms with van der Waals surface area (Å²) in [5, 5.41) is 12.7. The van der Waals surface area contributed by atoms with E-state index in [2.05, 4.69) is 27.4 Å². The van der Waals surface area contributed by atoms with Crippen molar-refractivity contribution in [1.29, 1.82) is 0 Å². The number of aromatic amines is 1. The molecular formula is C22H26N4O2S. The summed E-state index contributed by atoms with van der Waals surface area (Å²) in [6, 6.07) is 8.22. The van der Waals surface area contributed by atoms with Crippen molar-refractivity contribution < 1.29 is 9.21 Å². The largest absolute Gasteiger partial charge is 0.411 e. The highest BCUT2D eigenvalue weighted by Crippen LogP contribution is 2.49. The summed E-state index contributed by atoms with van der Waals surface area (Å²) in [7, 11) is 0. The highest BCUT2D eigenvalue weighted by atomic mass is 32.2. The van der Waals surface area contributed by atoms with Gasteiger partial charge in [-0.3, -0.25) is 4.79 Å². The van der Waals surface area contributed by atoms with Crippen LogP contribution in [0.1, 0.15) is 39.5 Å². The normalized spacial score (nSPS) is 25.4. The molecule has 2 saturated carbocycles. The van der Waals surface area contributed by atoms with Gasteiger partial charge in [0.1, 0.15) is 0 Å². The van der Waals surface area contributed by atoms with E-state index in [9.17, 15) is 4.79 Å². The average molecular weight is 411 g/mol. The van der Waals surface area contributed by atoms with Gasteiger partial charge in [-0.1, -0.05) is 36.4 Å². The van der Waals surface area contributed by atoms with Crippen LogP contribution in [-0.4, -0.2) is 32.4 Å². The second-order valence-corrected chi connectivity index (χ2v) is 9.81. The van der Waals surface area contributed by atoms with Gasteiger partial charge in [-0.15, -0.1) is 10.2 Å². The predicted molar refractivity (Wildman–Crippen MR) is 113 cm³/mol. The Morgan fingerprint density at radius 2 is 2.10 bits per heavy atom. The molecule has 7 heteroatoms. The first kappa shape index (κ1) is 18.7. The summed E-state index contributed by atoms with van der Waals surface area (Å²) in [6.07, 6.45) is 7.21. The van der Waals surface area contributed by atoms with Crippen LogP contribution in [0.25, 0.3) is 22.4 Å². The number of H-pyrrole nitrogens is 1. The molecule has 5 atom stereocenters. The second kappa shape index (κ2) is 7.52. The van der Waals surface area contributed by atoms with Crippen LogP contribution in [-0.2, 0) is 4.79 Å². The fraction of sp³-hybridized carbons (Fsp3) is 0.500. The first-order valence-electron chi connectivity index (χ1n) is 10.5. The average Bonchev–Trinajstić information content (AvgIpc) is 3.50. The molecule has 152 valence electrons. The van der Waals surface area contributed by atoms with Gasteiger partial charge < -0.3 is 14.7 Å². The highest BCUT2D eigenvalue weighted by molar-refractivity contribution is 8.00. The maximum absolute atomic E-state index is 12.7. The van der Waals surface area contributed by atoms with Crippen molar-refractivity contribution in [2.24, 2.45) is 17.8 Å². The summed E-state index contributed by atoms with van der Waals surface area (Å²) in [6.45, 7) is 4.05. The standard InChI is InChI=1S/C22H26N4O2S/c1-12(17-10-14-7-8-15(17)9-14)24-20(27)13(2)29-22-26-25-21(28-22)18-11-23-19-6-4-3-5-16(18)19/h3-6,11-15,17,23H,7-10H2,1-2H3,(H,24,27)/t12-,13-,14-,15-,17+/m0/s1. The third-order valence-corrected chi connectivity index (χ3v) is 7.61. The van der Waals surface area contributed by atoms with E-state index in [0.29, 0.717) is 17.0 Å². The summed E-state index contributed by atoms with van der Waals surface area (Å²) in [5.41, 5.74) is 1.90. The molecule has 6 nitrogen and oxygen atoms in total. The minimum Gasteiger partial charge on any atom is -0.411 e. The molecule has 0 aliphatic heterocycles. The number of carbonyl (C=O) groups excluding carboxylic acids is 1. The molecule has 0 unspecified atom stereocenters. The van der Waals surface area contributed by atoms with Crippen molar-refractivity contribution in [1.82, 2.24) is 20.5 Å². The van der Waals surface area contributed by atoms with Crippen LogP contribution in [0.3, 0.4) is 0 Å². The van der Waals surface area contributed by atoms with Gasteiger partial charge in [0.05, 0.1) is 10.8 Å². The van der Waals surface area contributed by atoms with Crippen LogP contribution in [0.15, 0.2) is 40.1 Å². The molecule has 1 amide bonds. The molecule has 0 saturated heterocycles. The molecule has 2 aliphatic rings. The Balaban J connectivity index is 1.22. The molecule has 3 aromatic rings. The van der Waals surface area contributed by atoms with Crippen LogP contribution < -0.4 is 5.32 Å². The van der Waals surface area contributed by atoms with Gasteiger partial charge in [-0.2, -0.15) is 0 Å². The van der Waals surface area contributed by atoms with Crippen molar-refractivity contribution in [3.8, 4) is 11.5 Å². The van der Waals surface area contributed by atoms with E-state index in [1.54, 1.807) is 0 Å². The fourth-order valence-corrected chi connectivity index (χ4v) is 5.87. The maximum Gasteiger partial charge on any atom is 0.277 e. The van der Waals surface area contributed by atoms with E-state index < -0.39 is 0 Å². The van der Waals surface area contributed by atoms with Gasteiger partial charge in [0, 0.05) is 23.1 Å². The lowest BCUT2D eigenvalue weighted by atomic mass is 9.84. The zero-order valence-corrected chi connectivity index (χ0v) is 17.5. The Morgan fingerprint density at radius 1 is 1.24 bits per heavy atom. The van der Waals surface area contributed by atoms with E-state index in [4.69, 9.17) is 4.42 Å². The number of aromatic nitrogens is 3. The molecule has 2 aliphatic carbocycles. The molecule has 2 aromatic heterocycles. The topological polar surface area (TPSA) is 83.8 Å². The molecule has 0 spiro atoms. The highest BCUT2D eigenvalue weighted by Gasteiger charge is 2.42. The zero-order valence-electron chi connectivity index (χ0n) is 16.7. The zero-order chi connectivity index (χ0) is 20.0. The lowest BCUT2D eigenvalue weighted by Gasteiger charge is -2.29.